The van der Waals surface area contributed by atoms with Crippen LogP contribution < -0.4 is 15.4 Å². The minimum atomic E-state index is -0.127. The molecule has 7 heteroatoms. The number of benzene rings is 1. The molecule has 98 valence electrons. The van der Waals surface area contributed by atoms with Gasteiger partial charge in [0, 0.05) is 6.54 Å². The van der Waals surface area contributed by atoms with Crippen LogP contribution in [0.2, 0.25) is 0 Å². The zero-order valence-electron chi connectivity index (χ0n) is 10.3. The van der Waals surface area contributed by atoms with Crippen LogP contribution in [0.3, 0.4) is 0 Å². The zero-order valence-corrected chi connectivity index (χ0v) is 11.1. The van der Waals surface area contributed by atoms with Crippen molar-refractivity contribution >= 4 is 28.1 Å². The summed E-state index contributed by atoms with van der Waals surface area (Å²) in [6, 6.07) is 5.71. The van der Waals surface area contributed by atoms with Crippen LogP contribution >= 0.6 is 11.3 Å². The lowest BCUT2D eigenvalue weighted by Crippen LogP contribution is -2.25. The summed E-state index contributed by atoms with van der Waals surface area (Å²) < 4.78 is 5.30. The predicted octanol–water partition coefficient (Wildman–Crippen LogP) is 1.79. The Labute approximate surface area is 113 Å². The summed E-state index contributed by atoms with van der Waals surface area (Å²) in [5.74, 6) is 0.576. The van der Waals surface area contributed by atoms with Gasteiger partial charge < -0.3 is 15.4 Å². The van der Waals surface area contributed by atoms with E-state index in [0.717, 1.165) is 15.7 Å². The number of carbonyl (C=O) groups is 1. The van der Waals surface area contributed by atoms with Crippen molar-refractivity contribution in [1.82, 2.24) is 10.2 Å². The van der Waals surface area contributed by atoms with Gasteiger partial charge in [0.2, 0.25) is 5.13 Å². The van der Waals surface area contributed by atoms with Crippen LogP contribution in [0.25, 0.3) is 0 Å². The number of carbonyl (C=O) groups excluding carboxylic acids is 1. The smallest absolute Gasteiger partial charge is 0.262 e. The van der Waals surface area contributed by atoms with E-state index in [1.54, 1.807) is 0 Å². The lowest BCUT2D eigenvalue weighted by molar-refractivity contribution is -0.118. The number of nitrogens with zero attached hydrogens (tertiary/aromatic N) is 2. The van der Waals surface area contributed by atoms with Crippen molar-refractivity contribution in [1.29, 1.82) is 0 Å². The molecule has 19 heavy (non-hydrogen) atoms. The van der Waals surface area contributed by atoms with Crippen LogP contribution in [0.15, 0.2) is 18.2 Å². The van der Waals surface area contributed by atoms with Gasteiger partial charge in [0.15, 0.2) is 6.61 Å². The standard InChI is InChI=1S/C12H12N4O2S/c1-7-15-16-12(19-7)13-5-8-2-3-10-9(4-8)14-11(17)6-18-10/h2-4H,5-6H2,1H3,(H,13,16)(H,14,17). The summed E-state index contributed by atoms with van der Waals surface area (Å²) in [5.41, 5.74) is 1.75. The lowest BCUT2D eigenvalue weighted by Gasteiger charge is -2.18. The SMILES string of the molecule is Cc1nnc(NCc2ccc3c(c2)NC(=O)CO3)s1. The number of aryl methyl sites for hydroxylation is 1. The van der Waals surface area contributed by atoms with Crippen molar-refractivity contribution in [3.05, 3.63) is 28.8 Å². The second kappa shape index (κ2) is 4.85. The van der Waals surface area contributed by atoms with Crippen molar-refractivity contribution in [2.45, 2.75) is 13.5 Å². The average molecular weight is 276 g/mol. The summed E-state index contributed by atoms with van der Waals surface area (Å²) in [5, 5.41) is 15.6. The third kappa shape index (κ3) is 2.65. The normalized spacial score (nSPS) is 13.4. The molecule has 1 aliphatic rings. The molecule has 0 spiro atoms. The maximum absolute atomic E-state index is 11.3. The maximum Gasteiger partial charge on any atom is 0.262 e. The van der Waals surface area contributed by atoms with Gasteiger partial charge in [0.25, 0.3) is 5.91 Å². The van der Waals surface area contributed by atoms with Crippen LogP contribution in [-0.2, 0) is 11.3 Å². The molecule has 0 fully saturated rings. The van der Waals surface area contributed by atoms with E-state index in [-0.39, 0.29) is 12.5 Å². The lowest BCUT2D eigenvalue weighted by atomic mass is 10.1. The number of rotatable bonds is 3. The molecule has 2 aromatic rings. The highest BCUT2D eigenvalue weighted by Gasteiger charge is 2.15. The number of hydrogen-bond acceptors (Lipinski definition) is 6. The van der Waals surface area contributed by atoms with E-state index < -0.39 is 0 Å². The third-order valence-corrected chi connectivity index (χ3v) is 3.44. The van der Waals surface area contributed by atoms with Crippen LogP contribution in [0, 0.1) is 6.92 Å². The fourth-order valence-corrected chi connectivity index (χ4v) is 2.37. The largest absolute Gasteiger partial charge is 0.482 e. The molecular formula is C12H12N4O2S. The fourth-order valence-electron chi connectivity index (χ4n) is 1.79. The Balaban J connectivity index is 1.71. The topological polar surface area (TPSA) is 76.1 Å². The Morgan fingerprint density at radius 2 is 2.37 bits per heavy atom. The first-order chi connectivity index (χ1) is 9.20. The molecule has 0 aliphatic carbocycles. The molecule has 0 saturated carbocycles. The van der Waals surface area contributed by atoms with Crippen molar-refractivity contribution in [3.63, 3.8) is 0 Å². The third-order valence-electron chi connectivity index (χ3n) is 2.65. The van der Waals surface area contributed by atoms with Gasteiger partial charge in [0.05, 0.1) is 5.69 Å². The van der Waals surface area contributed by atoms with Gasteiger partial charge >= 0.3 is 0 Å². The highest BCUT2D eigenvalue weighted by atomic mass is 32.1. The molecule has 1 amide bonds. The molecule has 0 radical (unpaired) electrons. The van der Waals surface area contributed by atoms with Crippen molar-refractivity contribution in [2.24, 2.45) is 0 Å². The highest BCUT2D eigenvalue weighted by molar-refractivity contribution is 7.15. The molecular weight excluding hydrogens is 264 g/mol. The first kappa shape index (κ1) is 11.9. The Morgan fingerprint density at radius 1 is 1.47 bits per heavy atom. The second-order valence-electron chi connectivity index (χ2n) is 4.15. The number of nitrogens with one attached hydrogen (secondary N) is 2. The van der Waals surface area contributed by atoms with Crippen molar-refractivity contribution < 1.29 is 9.53 Å². The van der Waals surface area contributed by atoms with Gasteiger partial charge in [0.1, 0.15) is 10.8 Å². The molecule has 2 heterocycles. The second-order valence-corrected chi connectivity index (χ2v) is 5.33. The monoisotopic (exact) mass is 276 g/mol. The number of ether oxygens (including phenoxy) is 1. The van der Waals surface area contributed by atoms with E-state index in [1.807, 2.05) is 25.1 Å². The van der Waals surface area contributed by atoms with Crippen LogP contribution in [0.5, 0.6) is 5.75 Å². The summed E-state index contributed by atoms with van der Waals surface area (Å²) in [7, 11) is 0. The Hall–Kier alpha value is -2.15. The number of fused-ring (bicyclic) bond motifs is 1. The minimum Gasteiger partial charge on any atom is -0.482 e. The van der Waals surface area contributed by atoms with E-state index in [1.165, 1.54) is 11.3 Å². The number of amides is 1. The van der Waals surface area contributed by atoms with E-state index >= 15 is 0 Å². The first-order valence-electron chi connectivity index (χ1n) is 5.80. The van der Waals surface area contributed by atoms with E-state index in [9.17, 15) is 4.79 Å². The zero-order chi connectivity index (χ0) is 13.2. The Kier molecular flexibility index (Phi) is 3.04. The maximum atomic E-state index is 11.3. The minimum absolute atomic E-state index is 0.0780. The molecule has 1 aliphatic heterocycles. The summed E-state index contributed by atoms with van der Waals surface area (Å²) in [4.78, 5) is 11.3. The molecule has 0 saturated heterocycles. The summed E-state index contributed by atoms with van der Waals surface area (Å²) >= 11 is 1.51. The molecule has 1 aromatic carbocycles. The van der Waals surface area contributed by atoms with Gasteiger partial charge in [-0.15, -0.1) is 10.2 Å². The summed E-state index contributed by atoms with van der Waals surface area (Å²) in [6.45, 7) is 2.61. The Morgan fingerprint density at radius 3 is 3.16 bits per heavy atom. The molecule has 2 N–H and O–H groups in total. The van der Waals surface area contributed by atoms with Gasteiger partial charge in [-0.1, -0.05) is 17.4 Å². The quantitative estimate of drug-likeness (QED) is 0.893. The average Bonchev–Trinajstić information content (AvgIpc) is 2.81. The number of hydrogen-bond donors (Lipinski definition) is 2. The number of aromatic nitrogens is 2. The van der Waals surface area contributed by atoms with E-state index in [2.05, 4.69) is 20.8 Å². The fraction of sp³-hybridized carbons (Fsp3) is 0.250. The number of anilines is 2. The van der Waals surface area contributed by atoms with E-state index in [4.69, 9.17) is 4.74 Å². The van der Waals surface area contributed by atoms with Gasteiger partial charge in [-0.3, -0.25) is 4.79 Å². The molecule has 6 nitrogen and oxygen atoms in total. The van der Waals surface area contributed by atoms with Crippen LogP contribution in [0.1, 0.15) is 10.6 Å². The van der Waals surface area contributed by atoms with Gasteiger partial charge in [-0.2, -0.15) is 0 Å². The highest BCUT2D eigenvalue weighted by Crippen LogP contribution is 2.28. The first-order valence-corrected chi connectivity index (χ1v) is 6.62. The van der Waals surface area contributed by atoms with Gasteiger partial charge in [-0.05, 0) is 24.6 Å². The van der Waals surface area contributed by atoms with Gasteiger partial charge in [-0.25, -0.2) is 0 Å². The van der Waals surface area contributed by atoms with Crippen molar-refractivity contribution in [3.8, 4) is 5.75 Å². The Bertz CT molecular complexity index is 626. The van der Waals surface area contributed by atoms with Crippen molar-refractivity contribution in [2.75, 3.05) is 17.2 Å². The molecule has 0 bridgehead atoms. The molecule has 0 atom stereocenters. The molecule has 3 rings (SSSR count). The van der Waals surface area contributed by atoms with Crippen LogP contribution in [0.4, 0.5) is 10.8 Å². The summed E-state index contributed by atoms with van der Waals surface area (Å²) in [6.07, 6.45) is 0. The molecule has 0 unspecified atom stereocenters. The van der Waals surface area contributed by atoms with Crippen LogP contribution in [-0.4, -0.2) is 22.7 Å². The predicted molar refractivity (Wildman–Crippen MR) is 72.5 cm³/mol. The molecule has 1 aromatic heterocycles. The van der Waals surface area contributed by atoms with E-state index in [0.29, 0.717) is 18.0 Å².